The van der Waals surface area contributed by atoms with Gasteiger partial charge in [-0.25, -0.2) is 0 Å². The van der Waals surface area contributed by atoms with Crippen molar-refractivity contribution in [1.82, 2.24) is 5.32 Å². The summed E-state index contributed by atoms with van der Waals surface area (Å²) in [6.07, 6.45) is 10.9. The minimum absolute atomic E-state index is 0. The molecule has 0 saturated heterocycles. The number of hydrogen-bond acceptors (Lipinski definition) is 2. The first-order chi connectivity index (χ1) is 12.7. The van der Waals surface area contributed by atoms with E-state index in [1.54, 1.807) is 0 Å². The maximum atomic E-state index is 6.26. The molecule has 0 amide bonds. The summed E-state index contributed by atoms with van der Waals surface area (Å²) in [7, 11) is 0. The number of halogens is 3. The Morgan fingerprint density at radius 1 is 0.963 bits per heavy atom. The van der Waals surface area contributed by atoms with Crippen LogP contribution in [-0.2, 0) is 0 Å². The molecule has 1 aromatic carbocycles. The minimum atomic E-state index is 0. The van der Waals surface area contributed by atoms with Crippen LogP contribution in [0.25, 0.3) is 0 Å². The van der Waals surface area contributed by atoms with Crippen LogP contribution >= 0.6 is 46.9 Å². The van der Waals surface area contributed by atoms with Gasteiger partial charge in [0.1, 0.15) is 0 Å². The predicted octanol–water partition coefficient (Wildman–Crippen LogP) is 8.00. The molecule has 2 aliphatic rings. The highest BCUT2D eigenvalue weighted by atomic mass is 35.5. The topological polar surface area (TPSA) is 12.0 Å². The van der Waals surface area contributed by atoms with Gasteiger partial charge >= 0.3 is 0 Å². The van der Waals surface area contributed by atoms with E-state index >= 15 is 0 Å². The molecule has 2 atom stereocenters. The summed E-state index contributed by atoms with van der Waals surface area (Å²) >= 11 is 14.3. The molecule has 0 radical (unpaired) electrons. The Morgan fingerprint density at radius 3 is 2.56 bits per heavy atom. The lowest BCUT2D eigenvalue weighted by atomic mass is 9.81. The molecule has 27 heavy (non-hydrogen) atoms. The normalized spacial score (nSPS) is 22.9. The van der Waals surface area contributed by atoms with Crippen molar-refractivity contribution in [1.29, 1.82) is 0 Å². The fraction of sp³-hybridized carbons (Fsp3) is 0.545. The van der Waals surface area contributed by atoms with E-state index in [1.807, 2.05) is 17.4 Å². The van der Waals surface area contributed by atoms with Crippen LogP contribution < -0.4 is 5.32 Å². The van der Waals surface area contributed by atoms with E-state index in [9.17, 15) is 0 Å². The average Bonchev–Trinajstić information content (AvgIpc) is 3.15. The molecule has 2 aliphatic carbocycles. The zero-order chi connectivity index (χ0) is 17.9. The summed E-state index contributed by atoms with van der Waals surface area (Å²) in [5, 5.41) is 7.41. The third kappa shape index (κ3) is 5.03. The van der Waals surface area contributed by atoms with Crippen LogP contribution in [0.2, 0.25) is 10.0 Å². The Labute approximate surface area is 183 Å². The summed E-state index contributed by atoms with van der Waals surface area (Å²) in [5.74, 6) is 1.40. The highest BCUT2D eigenvalue weighted by Gasteiger charge is 2.29. The second-order valence-corrected chi connectivity index (χ2v) is 9.61. The minimum Gasteiger partial charge on any atom is -0.310 e. The van der Waals surface area contributed by atoms with Gasteiger partial charge in [0, 0.05) is 16.8 Å². The molecule has 1 aromatic heterocycles. The fourth-order valence-corrected chi connectivity index (χ4v) is 6.15. The fourth-order valence-electron chi connectivity index (χ4n) is 4.72. The number of benzene rings is 1. The van der Waals surface area contributed by atoms with Crippen LogP contribution in [0.4, 0.5) is 0 Å². The van der Waals surface area contributed by atoms with Crippen molar-refractivity contribution >= 4 is 46.9 Å². The van der Waals surface area contributed by atoms with E-state index in [2.05, 4.69) is 28.9 Å². The van der Waals surface area contributed by atoms with Crippen molar-refractivity contribution < 1.29 is 0 Å². The van der Waals surface area contributed by atoms with Crippen LogP contribution in [-0.4, -0.2) is 6.54 Å². The Kier molecular flexibility index (Phi) is 7.93. The third-order valence-electron chi connectivity index (χ3n) is 6.18. The Bertz CT molecular complexity index is 739. The molecule has 1 nitrogen and oxygen atoms in total. The molecule has 2 aromatic rings. The number of nitrogens with one attached hydrogen (secondary N) is 1. The van der Waals surface area contributed by atoms with Gasteiger partial charge in [-0.05, 0) is 66.4 Å². The number of thiophene rings is 1. The highest BCUT2D eigenvalue weighted by Crippen LogP contribution is 2.45. The number of fused-ring (bicyclic) bond motifs is 1. The molecular weight excluding hydrogens is 417 g/mol. The zero-order valence-electron chi connectivity index (χ0n) is 15.6. The van der Waals surface area contributed by atoms with E-state index in [4.69, 9.17) is 23.2 Å². The van der Waals surface area contributed by atoms with Crippen molar-refractivity contribution in [2.24, 2.45) is 5.92 Å². The van der Waals surface area contributed by atoms with E-state index in [-0.39, 0.29) is 12.4 Å². The van der Waals surface area contributed by atoms with Gasteiger partial charge in [-0.3, -0.25) is 0 Å². The summed E-state index contributed by atoms with van der Waals surface area (Å²) in [5.41, 5.74) is 2.80. The van der Waals surface area contributed by atoms with Crippen LogP contribution in [0.3, 0.4) is 0 Å². The van der Waals surface area contributed by atoms with E-state index in [0.29, 0.717) is 22.0 Å². The van der Waals surface area contributed by atoms with Gasteiger partial charge in [-0.15, -0.1) is 23.7 Å². The van der Waals surface area contributed by atoms with E-state index < -0.39 is 0 Å². The molecule has 1 heterocycles. The van der Waals surface area contributed by atoms with Gasteiger partial charge in [0.25, 0.3) is 0 Å². The Balaban J connectivity index is 0.00000210. The van der Waals surface area contributed by atoms with Crippen LogP contribution in [0, 0.1) is 5.92 Å². The average molecular weight is 445 g/mol. The lowest BCUT2D eigenvalue weighted by molar-refractivity contribution is 0.323. The molecule has 1 saturated carbocycles. The second kappa shape index (κ2) is 9.98. The monoisotopic (exact) mass is 443 g/mol. The molecular formula is C22H28Cl3NS. The van der Waals surface area contributed by atoms with Gasteiger partial charge in [0.15, 0.2) is 0 Å². The van der Waals surface area contributed by atoms with Gasteiger partial charge in [-0.2, -0.15) is 0 Å². The van der Waals surface area contributed by atoms with E-state index in [0.717, 1.165) is 12.5 Å². The van der Waals surface area contributed by atoms with Crippen molar-refractivity contribution in [3.63, 3.8) is 0 Å². The van der Waals surface area contributed by atoms with Crippen molar-refractivity contribution in [2.45, 2.75) is 63.3 Å². The smallest absolute Gasteiger partial charge is 0.0595 e. The largest absolute Gasteiger partial charge is 0.310 e. The molecule has 1 N–H and O–H groups in total. The Morgan fingerprint density at radius 2 is 1.78 bits per heavy atom. The summed E-state index contributed by atoms with van der Waals surface area (Å²) in [6, 6.07) is 8.95. The van der Waals surface area contributed by atoms with Gasteiger partial charge in [0.2, 0.25) is 0 Å². The van der Waals surface area contributed by atoms with Crippen molar-refractivity contribution in [3.8, 4) is 0 Å². The van der Waals surface area contributed by atoms with Crippen LogP contribution in [0.5, 0.6) is 0 Å². The van der Waals surface area contributed by atoms with Gasteiger partial charge < -0.3 is 5.32 Å². The maximum Gasteiger partial charge on any atom is 0.0595 e. The molecule has 2 unspecified atom stereocenters. The standard InChI is InChI=1S/C22H27Cl2NS.ClH/c23-19-8-6-16(14-20(19)24)17-7-9-21(18-11-13-26-22(17)18)25-12-10-15-4-2-1-3-5-15;/h6,8,11,13-15,17,21,25H,1-5,7,9-10,12H2;1H. The molecule has 0 spiro atoms. The highest BCUT2D eigenvalue weighted by molar-refractivity contribution is 7.10. The van der Waals surface area contributed by atoms with Crippen LogP contribution in [0.15, 0.2) is 29.6 Å². The van der Waals surface area contributed by atoms with Crippen molar-refractivity contribution in [2.75, 3.05) is 6.54 Å². The third-order valence-corrected chi connectivity index (χ3v) is 7.96. The molecule has 1 fully saturated rings. The van der Waals surface area contributed by atoms with Gasteiger partial charge in [-0.1, -0.05) is 61.4 Å². The molecule has 5 heteroatoms. The second-order valence-electron chi connectivity index (χ2n) is 7.84. The zero-order valence-corrected chi connectivity index (χ0v) is 18.7. The first kappa shape index (κ1) is 21.5. The lowest BCUT2D eigenvalue weighted by Crippen LogP contribution is -2.28. The lowest BCUT2D eigenvalue weighted by Gasteiger charge is -2.31. The first-order valence-corrected chi connectivity index (χ1v) is 11.6. The first-order valence-electron chi connectivity index (χ1n) is 9.98. The molecule has 0 aliphatic heterocycles. The SMILES string of the molecule is Cl.Clc1ccc(C2CCC(NCCC3CCCCC3)c3ccsc32)cc1Cl. The molecule has 0 bridgehead atoms. The Hall–Kier alpha value is -0.250. The van der Waals surface area contributed by atoms with Crippen molar-refractivity contribution in [3.05, 3.63) is 55.7 Å². The predicted molar refractivity (Wildman–Crippen MR) is 121 cm³/mol. The van der Waals surface area contributed by atoms with Crippen LogP contribution in [0.1, 0.15) is 79.3 Å². The molecule has 148 valence electrons. The summed E-state index contributed by atoms with van der Waals surface area (Å²) in [4.78, 5) is 1.50. The van der Waals surface area contributed by atoms with E-state index in [1.165, 1.54) is 67.4 Å². The van der Waals surface area contributed by atoms with Gasteiger partial charge in [0.05, 0.1) is 10.0 Å². The summed E-state index contributed by atoms with van der Waals surface area (Å²) in [6.45, 7) is 1.15. The number of hydrogen-bond donors (Lipinski definition) is 1. The number of rotatable bonds is 5. The summed E-state index contributed by atoms with van der Waals surface area (Å²) < 4.78 is 0. The molecule has 4 rings (SSSR count). The maximum absolute atomic E-state index is 6.26. The quantitative estimate of drug-likeness (QED) is 0.492.